The first kappa shape index (κ1) is 20.4. The summed E-state index contributed by atoms with van der Waals surface area (Å²) in [5.74, 6) is 0.182. The largest absolute Gasteiger partial charge is 0.475 e. The number of pyridine rings is 1. The van der Waals surface area contributed by atoms with Crippen LogP contribution < -0.4 is 20.3 Å². The van der Waals surface area contributed by atoms with Crippen LogP contribution in [0.2, 0.25) is 0 Å². The van der Waals surface area contributed by atoms with Gasteiger partial charge in [-0.25, -0.2) is 14.2 Å². The van der Waals surface area contributed by atoms with Crippen molar-refractivity contribution in [3.8, 4) is 5.88 Å². The highest BCUT2D eigenvalue weighted by molar-refractivity contribution is 5.73. The second-order valence-electron chi connectivity index (χ2n) is 6.06. The van der Waals surface area contributed by atoms with Gasteiger partial charge in [-0.2, -0.15) is 0 Å². The molecule has 0 unspecified atom stereocenters. The summed E-state index contributed by atoms with van der Waals surface area (Å²) in [6, 6.07) is 8.11. The lowest BCUT2D eigenvalue weighted by Crippen LogP contribution is -2.34. The minimum atomic E-state index is -0.340. The van der Waals surface area contributed by atoms with Crippen molar-refractivity contribution in [1.82, 2.24) is 15.6 Å². The van der Waals surface area contributed by atoms with E-state index in [0.29, 0.717) is 36.9 Å². The van der Waals surface area contributed by atoms with Crippen LogP contribution in [-0.4, -0.2) is 45.4 Å². The molecule has 8 heteroatoms. The summed E-state index contributed by atoms with van der Waals surface area (Å²) in [7, 11) is 5.15. The van der Waals surface area contributed by atoms with Gasteiger partial charge in [-0.3, -0.25) is 0 Å². The SMILES string of the molecule is COCCOc1ccc(CNC(=O)NCc2ccc(N(C)C)c(F)c2)cn1. The summed E-state index contributed by atoms with van der Waals surface area (Å²) >= 11 is 0. The van der Waals surface area contributed by atoms with Gasteiger partial charge >= 0.3 is 6.03 Å². The Morgan fingerprint density at radius 3 is 2.41 bits per heavy atom. The molecule has 0 atom stereocenters. The maximum atomic E-state index is 13.9. The van der Waals surface area contributed by atoms with Crippen LogP contribution in [0, 0.1) is 5.82 Å². The summed E-state index contributed by atoms with van der Waals surface area (Å²) in [5, 5.41) is 5.43. The zero-order valence-electron chi connectivity index (χ0n) is 15.8. The normalized spacial score (nSPS) is 10.4. The number of anilines is 1. The number of halogens is 1. The van der Waals surface area contributed by atoms with E-state index in [1.807, 2.05) is 6.07 Å². The first-order chi connectivity index (χ1) is 13.0. The van der Waals surface area contributed by atoms with Crippen LogP contribution in [0.5, 0.6) is 5.88 Å². The summed E-state index contributed by atoms with van der Waals surface area (Å²) in [5.41, 5.74) is 2.03. The molecule has 0 aliphatic heterocycles. The van der Waals surface area contributed by atoms with E-state index in [4.69, 9.17) is 9.47 Å². The highest BCUT2D eigenvalue weighted by Gasteiger charge is 2.07. The van der Waals surface area contributed by atoms with Gasteiger partial charge < -0.3 is 25.0 Å². The molecule has 0 spiro atoms. The molecule has 7 nitrogen and oxygen atoms in total. The van der Waals surface area contributed by atoms with E-state index in [9.17, 15) is 9.18 Å². The van der Waals surface area contributed by atoms with E-state index in [1.54, 1.807) is 50.5 Å². The fourth-order valence-electron chi connectivity index (χ4n) is 2.28. The fourth-order valence-corrected chi connectivity index (χ4v) is 2.28. The number of nitrogens with one attached hydrogen (secondary N) is 2. The number of urea groups is 1. The molecule has 2 rings (SSSR count). The summed E-state index contributed by atoms with van der Waals surface area (Å²) < 4.78 is 24.2. The molecule has 2 amide bonds. The molecule has 1 heterocycles. The Labute approximate surface area is 158 Å². The minimum absolute atomic E-state index is 0.237. The molecule has 0 aliphatic rings. The topological polar surface area (TPSA) is 75.7 Å². The number of aromatic nitrogens is 1. The number of methoxy groups -OCH3 is 1. The van der Waals surface area contributed by atoms with Gasteiger partial charge in [0.05, 0.1) is 12.3 Å². The Kier molecular flexibility index (Phi) is 7.81. The molecule has 0 fully saturated rings. The Bertz CT molecular complexity index is 738. The van der Waals surface area contributed by atoms with E-state index >= 15 is 0 Å². The van der Waals surface area contributed by atoms with Gasteiger partial charge in [0.1, 0.15) is 12.4 Å². The molecule has 0 saturated carbocycles. The number of nitrogens with zero attached hydrogens (tertiary/aromatic N) is 2. The number of carbonyl (C=O) groups is 1. The lowest BCUT2D eigenvalue weighted by Gasteiger charge is -2.14. The minimum Gasteiger partial charge on any atom is -0.475 e. The molecule has 2 N–H and O–H groups in total. The van der Waals surface area contributed by atoms with Crippen LogP contribution in [0.3, 0.4) is 0 Å². The molecule has 27 heavy (non-hydrogen) atoms. The van der Waals surface area contributed by atoms with Gasteiger partial charge in [0, 0.05) is 46.6 Å². The molecule has 0 aliphatic carbocycles. The van der Waals surface area contributed by atoms with Gasteiger partial charge in [-0.05, 0) is 23.3 Å². The van der Waals surface area contributed by atoms with Crippen molar-refractivity contribution in [1.29, 1.82) is 0 Å². The van der Waals surface area contributed by atoms with Gasteiger partial charge in [-0.1, -0.05) is 12.1 Å². The van der Waals surface area contributed by atoms with E-state index < -0.39 is 0 Å². The predicted molar refractivity (Wildman–Crippen MR) is 101 cm³/mol. The average molecular weight is 376 g/mol. The van der Waals surface area contributed by atoms with Crippen molar-refractivity contribution in [2.75, 3.05) is 39.3 Å². The number of hydrogen-bond donors (Lipinski definition) is 2. The first-order valence-corrected chi connectivity index (χ1v) is 8.53. The van der Waals surface area contributed by atoms with Crippen LogP contribution in [-0.2, 0) is 17.8 Å². The number of amides is 2. The van der Waals surface area contributed by atoms with Crippen molar-refractivity contribution >= 4 is 11.7 Å². The van der Waals surface area contributed by atoms with Crippen LogP contribution in [0.15, 0.2) is 36.5 Å². The molecular formula is C19H25FN4O3. The average Bonchev–Trinajstić information content (AvgIpc) is 2.65. The van der Waals surface area contributed by atoms with Gasteiger partial charge in [-0.15, -0.1) is 0 Å². The highest BCUT2D eigenvalue weighted by atomic mass is 19.1. The molecule has 0 bridgehead atoms. The van der Waals surface area contributed by atoms with Gasteiger partial charge in [0.2, 0.25) is 5.88 Å². The Morgan fingerprint density at radius 1 is 1.11 bits per heavy atom. The predicted octanol–water partition coefficient (Wildman–Crippen LogP) is 2.31. The first-order valence-electron chi connectivity index (χ1n) is 8.53. The summed E-state index contributed by atoms with van der Waals surface area (Å²) in [4.78, 5) is 17.8. The molecular weight excluding hydrogens is 351 g/mol. The lowest BCUT2D eigenvalue weighted by atomic mass is 10.2. The number of rotatable bonds is 9. The second-order valence-corrected chi connectivity index (χ2v) is 6.06. The Balaban J connectivity index is 1.75. The Hall–Kier alpha value is -2.87. The van der Waals surface area contributed by atoms with Crippen LogP contribution in [0.4, 0.5) is 14.9 Å². The van der Waals surface area contributed by atoms with Crippen LogP contribution in [0.1, 0.15) is 11.1 Å². The van der Waals surface area contributed by atoms with Crippen molar-refractivity contribution in [2.24, 2.45) is 0 Å². The number of ether oxygens (including phenoxy) is 2. The summed E-state index contributed by atoms with van der Waals surface area (Å²) in [6.45, 7) is 1.48. The number of carbonyl (C=O) groups excluding carboxylic acids is 1. The second kappa shape index (κ2) is 10.3. The molecule has 146 valence electrons. The molecule has 1 aromatic heterocycles. The Morgan fingerprint density at radius 2 is 1.81 bits per heavy atom. The third-order valence-corrected chi connectivity index (χ3v) is 3.74. The van der Waals surface area contributed by atoms with E-state index in [-0.39, 0.29) is 18.4 Å². The highest BCUT2D eigenvalue weighted by Crippen LogP contribution is 2.18. The van der Waals surface area contributed by atoms with Crippen LogP contribution >= 0.6 is 0 Å². The molecule has 2 aromatic rings. The monoisotopic (exact) mass is 376 g/mol. The van der Waals surface area contributed by atoms with E-state index in [1.165, 1.54) is 6.07 Å². The smallest absolute Gasteiger partial charge is 0.315 e. The standard InChI is InChI=1S/C19H25FN4O3/c1-24(2)17-6-4-14(10-16(17)20)11-22-19(25)23-13-15-5-7-18(21-12-15)27-9-8-26-3/h4-7,10,12H,8-9,11,13H2,1-3H3,(H2,22,23,25). The zero-order valence-corrected chi connectivity index (χ0v) is 15.8. The van der Waals surface area contributed by atoms with Gasteiger partial charge in [0.25, 0.3) is 0 Å². The summed E-state index contributed by atoms with van der Waals surface area (Å²) in [6.07, 6.45) is 1.64. The van der Waals surface area contributed by atoms with Crippen molar-refractivity contribution in [3.63, 3.8) is 0 Å². The maximum Gasteiger partial charge on any atom is 0.315 e. The zero-order chi connectivity index (χ0) is 19.6. The fraction of sp³-hybridized carbons (Fsp3) is 0.368. The molecule has 0 radical (unpaired) electrons. The molecule has 1 aromatic carbocycles. The van der Waals surface area contributed by atoms with Crippen molar-refractivity contribution in [2.45, 2.75) is 13.1 Å². The number of benzene rings is 1. The number of hydrogen-bond acceptors (Lipinski definition) is 5. The third kappa shape index (κ3) is 6.74. The van der Waals surface area contributed by atoms with Crippen molar-refractivity contribution in [3.05, 3.63) is 53.5 Å². The molecule has 0 saturated heterocycles. The van der Waals surface area contributed by atoms with E-state index in [2.05, 4.69) is 15.6 Å². The lowest BCUT2D eigenvalue weighted by molar-refractivity contribution is 0.143. The van der Waals surface area contributed by atoms with Crippen molar-refractivity contribution < 1.29 is 18.7 Å². The third-order valence-electron chi connectivity index (χ3n) is 3.74. The van der Waals surface area contributed by atoms with E-state index in [0.717, 1.165) is 5.56 Å². The quantitative estimate of drug-likeness (QED) is 0.657. The maximum absolute atomic E-state index is 13.9. The van der Waals surface area contributed by atoms with Crippen LogP contribution in [0.25, 0.3) is 0 Å². The van der Waals surface area contributed by atoms with Gasteiger partial charge in [0.15, 0.2) is 0 Å².